The summed E-state index contributed by atoms with van der Waals surface area (Å²) >= 11 is 0. The van der Waals surface area contributed by atoms with Gasteiger partial charge in [-0.3, -0.25) is 0 Å². The van der Waals surface area contributed by atoms with Crippen molar-refractivity contribution in [1.29, 1.82) is 0 Å². The average molecular weight is 238 g/mol. The Morgan fingerprint density at radius 3 is 2.88 bits per heavy atom. The molecule has 17 heavy (non-hydrogen) atoms. The molecule has 98 valence electrons. The van der Waals surface area contributed by atoms with Crippen molar-refractivity contribution >= 4 is 0 Å². The first-order valence-electron chi connectivity index (χ1n) is 6.51. The molecular formula is C13H26N4. The van der Waals surface area contributed by atoms with Gasteiger partial charge in [0.15, 0.2) is 0 Å². The highest BCUT2D eigenvalue weighted by Crippen LogP contribution is 2.13. The van der Waals surface area contributed by atoms with Crippen molar-refractivity contribution in [1.82, 2.24) is 19.8 Å². The van der Waals surface area contributed by atoms with Gasteiger partial charge in [-0.1, -0.05) is 6.92 Å². The molecule has 0 saturated heterocycles. The van der Waals surface area contributed by atoms with Crippen LogP contribution in [0.2, 0.25) is 0 Å². The van der Waals surface area contributed by atoms with E-state index in [0.717, 1.165) is 26.1 Å². The van der Waals surface area contributed by atoms with Gasteiger partial charge in [0.05, 0.1) is 12.0 Å². The van der Waals surface area contributed by atoms with Crippen LogP contribution < -0.4 is 5.32 Å². The second-order valence-electron chi connectivity index (χ2n) is 4.91. The third kappa shape index (κ3) is 4.88. The zero-order valence-electron chi connectivity index (χ0n) is 11.6. The first-order chi connectivity index (χ1) is 8.15. The first kappa shape index (κ1) is 14.2. The zero-order chi connectivity index (χ0) is 12.7. The number of aromatic nitrogens is 2. The second kappa shape index (κ2) is 7.45. The molecule has 0 amide bonds. The zero-order valence-corrected chi connectivity index (χ0v) is 11.6. The third-order valence-electron chi connectivity index (χ3n) is 2.95. The van der Waals surface area contributed by atoms with Gasteiger partial charge in [0.25, 0.3) is 0 Å². The Balaban J connectivity index is 2.48. The largest absolute Gasteiger partial charge is 0.331 e. The minimum absolute atomic E-state index is 0.512. The van der Waals surface area contributed by atoms with Crippen LogP contribution in [-0.4, -0.2) is 41.6 Å². The predicted octanol–water partition coefficient (Wildman–Crippen LogP) is 1.90. The van der Waals surface area contributed by atoms with Gasteiger partial charge in [0, 0.05) is 18.8 Å². The number of nitrogens with zero attached hydrogens (tertiary/aromatic N) is 3. The smallest absolute Gasteiger partial charge is 0.0951 e. The molecule has 4 heteroatoms. The summed E-state index contributed by atoms with van der Waals surface area (Å²) in [6.45, 7) is 7.54. The van der Waals surface area contributed by atoms with Crippen LogP contribution in [-0.2, 0) is 6.54 Å². The van der Waals surface area contributed by atoms with Crippen molar-refractivity contribution in [3.8, 4) is 0 Å². The molecule has 0 aromatic carbocycles. The van der Waals surface area contributed by atoms with E-state index in [1.165, 1.54) is 12.1 Å². The lowest BCUT2D eigenvalue weighted by atomic mass is 10.2. The molecule has 0 radical (unpaired) electrons. The van der Waals surface area contributed by atoms with Gasteiger partial charge in [-0.2, -0.15) is 0 Å². The molecule has 0 saturated carbocycles. The summed E-state index contributed by atoms with van der Waals surface area (Å²) in [6.07, 6.45) is 6.24. The minimum Gasteiger partial charge on any atom is -0.331 e. The summed E-state index contributed by atoms with van der Waals surface area (Å²) in [7, 11) is 4.23. The van der Waals surface area contributed by atoms with Crippen molar-refractivity contribution in [3.63, 3.8) is 0 Å². The van der Waals surface area contributed by atoms with E-state index in [9.17, 15) is 0 Å². The van der Waals surface area contributed by atoms with Crippen LogP contribution in [0, 0.1) is 0 Å². The molecule has 0 aliphatic carbocycles. The van der Waals surface area contributed by atoms with E-state index >= 15 is 0 Å². The molecule has 1 unspecified atom stereocenters. The van der Waals surface area contributed by atoms with Crippen molar-refractivity contribution in [2.24, 2.45) is 0 Å². The molecule has 0 spiro atoms. The quantitative estimate of drug-likeness (QED) is 0.702. The van der Waals surface area contributed by atoms with Crippen LogP contribution in [0.1, 0.15) is 38.4 Å². The van der Waals surface area contributed by atoms with Gasteiger partial charge in [-0.15, -0.1) is 0 Å². The van der Waals surface area contributed by atoms with Gasteiger partial charge < -0.3 is 14.8 Å². The van der Waals surface area contributed by atoms with Crippen molar-refractivity contribution in [2.75, 3.05) is 27.2 Å². The topological polar surface area (TPSA) is 33.1 Å². The molecule has 0 bridgehead atoms. The van der Waals surface area contributed by atoms with E-state index in [4.69, 9.17) is 0 Å². The van der Waals surface area contributed by atoms with Gasteiger partial charge in [0.2, 0.25) is 0 Å². The summed E-state index contributed by atoms with van der Waals surface area (Å²) in [5, 5.41) is 3.43. The highest BCUT2D eigenvalue weighted by atomic mass is 15.1. The molecule has 1 rings (SSSR count). The van der Waals surface area contributed by atoms with Crippen LogP contribution in [0.5, 0.6) is 0 Å². The highest BCUT2D eigenvalue weighted by molar-refractivity contribution is 4.99. The molecule has 1 atom stereocenters. The molecule has 1 aromatic rings. The lowest BCUT2D eigenvalue weighted by Gasteiger charge is -2.19. The van der Waals surface area contributed by atoms with E-state index in [1.54, 1.807) is 0 Å². The minimum atomic E-state index is 0.512. The summed E-state index contributed by atoms with van der Waals surface area (Å²) in [5.41, 5.74) is 1.28. The number of nitrogens with one attached hydrogen (secondary N) is 1. The predicted molar refractivity (Wildman–Crippen MR) is 72.1 cm³/mol. The first-order valence-corrected chi connectivity index (χ1v) is 6.51. The maximum atomic E-state index is 4.26. The van der Waals surface area contributed by atoms with Gasteiger partial charge in [-0.25, -0.2) is 4.98 Å². The van der Waals surface area contributed by atoms with E-state index in [1.807, 2.05) is 12.5 Å². The standard InChI is InChI=1S/C13H26N4/c1-5-7-14-9-13-10-15-11-17(13)12(2)6-8-16(3)4/h10-12,14H,5-9H2,1-4H3. The fourth-order valence-electron chi connectivity index (χ4n) is 1.84. The van der Waals surface area contributed by atoms with E-state index < -0.39 is 0 Å². The maximum Gasteiger partial charge on any atom is 0.0951 e. The van der Waals surface area contributed by atoms with Crippen molar-refractivity contribution in [3.05, 3.63) is 18.2 Å². The number of hydrogen-bond donors (Lipinski definition) is 1. The number of hydrogen-bond acceptors (Lipinski definition) is 3. The van der Waals surface area contributed by atoms with E-state index in [-0.39, 0.29) is 0 Å². The summed E-state index contributed by atoms with van der Waals surface area (Å²) < 4.78 is 2.28. The third-order valence-corrected chi connectivity index (χ3v) is 2.95. The Bertz CT molecular complexity index is 306. The maximum absolute atomic E-state index is 4.26. The summed E-state index contributed by atoms with van der Waals surface area (Å²) in [4.78, 5) is 6.48. The average Bonchev–Trinajstić information content (AvgIpc) is 2.74. The van der Waals surface area contributed by atoms with Crippen LogP contribution >= 0.6 is 0 Å². The van der Waals surface area contributed by atoms with Crippen LogP contribution in [0.25, 0.3) is 0 Å². The Hall–Kier alpha value is -0.870. The molecule has 0 aliphatic heterocycles. The second-order valence-corrected chi connectivity index (χ2v) is 4.91. The van der Waals surface area contributed by atoms with E-state index in [2.05, 4.69) is 47.7 Å². The van der Waals surface area contributed by atoms with E-state index in [0.29, 0.717) is 6.04 Å². The number of rotatable bonds is 8. The molecule has 1 aromatic heterocycles. The fraction of sp³-hybridized carbons (Fsp3) is 0.769. The Morgan fingerprint density at radius 2 is 2.24 bits per heavy atom. The van der Waals surface area contributed by atoms with Crippen LogP contribution in [0.4, 0.5) is 0 Å². The van der Waals surface area contributed by atoms with Crippen LogP contribution in [0.15, 0.2) is 12.5 Å². The van der Waals surface area contributed by atoms with Gasteiger partial charge in [0.1, 0.15) is 0 Å². The van der Waals surface area contributed by atoms with Gasteiger partial charge >= 0.3 is 0 Å². The molecule has 0 aliphatic rings. The summed E-state index contributed by atoms with van der Waals surface area (Å²) in [5.74, 6) is 0. The fourth-order valence-corrected chi connectivity index (χ4v) is 1.84. The Morgan fingerprint density at radius 1 is 1.47 bits per heavy atom. The Kier molecular flexibility index (Phi) is 6.22. The molecule has 0 fully saturated rings. The molecule has 4 nitrogen and oxygen atoms in total. The van der Waals surface area contributed by atoms with Crippen molar-refractivity contribution < 1.29 is 0 Å². The molecule has 1 heterocycles. The monoisotopic (exact) mass is 238 g/mol. The van der Waals surface area contributed by atoms with Crippen LogP contribution in [0.3, 0.4) is 0 Å². The SMILES string of the molecule is CCCNCc1cncn1C(C)CCN(C)C. The molecule has 1 N–H and O–H groups in total. The highest BCUT2D eigenvalue weighted by Gasteiger charge is 2.09. The number of imidazole rings is 1. The Labute approximate surface area is 105 Å². The van der Waals surface area contributed by atoms with Gasteiger partial charge in [-0.05, 0) is 47.0 Å². The lowest BCUT2D eigenvalue weighted by molar-refractivity contribution is 0.354. The lowest BCUT2D eigenvalue weighted by Crippen LogP contribution is -2.21. The molecular weight excluding hydrogens is 212 g/mol. The van der Waals surface area contributed by atoms with Crippen molar-refractivity contribution in [2.45, 2.75) is 39.3 Å². The normalized spacial score (nSPS) is 13.2. The summed E-state index contributed by atoms with van der Waals surface area (Å²) in [6, 6.07) is 0.512.